The van der Waals surface area contributed by atoms with E-state index in [0.29, 0.717) is 5.69 Å². The molecule has 1 aromatic carbocycles. The summed E-state index contributed by atoms with van der Waals surface area (Å²) in [5, 5.41) is 18.1. The first-order valence-electron chi connectivity index (χ1n) is 7.00. The third kappa shape index (κ3) is 3.01. The van der Waals surface area contributed by atoms with Crippen molar-refractivity contribution in [3.8, 4) is 11.3 Å². The van der Waals surface area contributed by atoms with E-state index in [1.165, 1.54) is 13.8 Å². The molecule has 0 atom stereocenters. The Morgan fingerprint density at radius 3 is 2.04 bits per heavy atom. The number of aliphatic carboxylic acids is 2. The van der Waals surface area contributed by atoms with Gasteiger partial charge in [0.05, 0.1) is 5.54 Å². The molecule has 0 saturated heterocycles. The molecule has 2 rings (SSSR count). The van der Waals surface area contributed by atoms with Crippen molar-refractivity contribution >= 4 is 17.7 Å². The van der Waals surface area contributed by atoms with Gasteiger partial charge in [0.25, 0.3) is 0 Å². The number of nitrogens with zero attached hydrogens (tertiary/aromatic N) is 1. The fraction of sp³-hybridized carbons (Fsp3) is 0.235. The minimum absolute atomic E-state index is 0.707. The summed E-state index contributed by atoms with van der Waals surface area (Å²) >= 11 is 0. The highest BCUT2D eigenvalue weighted by Gasteiger charge is 2.44. The summed E-state index contributed by atoms with van der Waals surface area (Å²) in [6, 6.07) is 12.8. The van der Waals surface area contributed by atoms with Crippen LogP contribution in [0.2, 0.25) is 0 Å². The van der Waals surface area contributed by atoms with E-state index < -0.39 is 29.2 Å². The molecule has 0 amide bonds. The summed E-state index contributed by atoms with van der Waals surface area (Å²) in [4.78, 5) is 34.8. The zero-order valence-corrected chi connectivity index (χ0v) is 12.8. The van der Waals surface area contributed by atoms with Gasteiger partial charge in [-0.05, 0) is 31.5 Å². The Bertz CT molecular complexity index is 731. The minimum atomic E-state index is -2.10. The monoisotopic (exact) mass is 315 g/mol. The number of ketones is 1. The quantitative estimate of drug-likeness (QED) is 0.797. The molecule has 0 spiro atoms. The maximum atomic E-state index is 12.5. The number of carbonyl (C=O) groups excluding carboxylic acids is 1. The number of carboxylic acid groups (broad SMARTS) is 2. The molecule has 0 aliphatic heterocycles. The van der Waals surface area contributed by atoms with Crippen molar-refractivity contribution in [1.29, 1.82) is 0 Å². The van der Waals surface area contributed by atoms with E-state index in [1.54, 1.807) is 22.9 Å². The van der Waals surface area contributed by atoms with E-state index in [9.17, 15) is 14.4 Å². The number of rotatable bonds is 6. The highest BCUT2D eigenvalue weighted by atomic mass is 16.4. The van der Waals surface area contributed by atoms with Gasteiger partial charge in [0.15, 0.2) is 5.78 Å². The Hall–Kier alpha value is -2.89. The lowest BCUT2D eigenvalue weighted by Gasteiger charge is -2.29. The van der Waals surface area contributed by atoms with Crippen LogP contribution in [0.1, 0.15) is 13.8 Å². The van der Waals surface area contributed by atoms with Gasteiger partial charge in [-0.1, -0.05) is 30.3 Å². The Balaban J connectivity index is 2.49. The summed E-state index contributed by atoms with van der Waals surface area (Å²) in [5.74, 6) is -6.31. The fourth-order valence-electron chi connectivity index (χ4n) is 2.51. The highest BCUT2D eigenvalue weighted by Crippen LogP contribution is 2.29. The van der Waals surface area contributed by atoms with Gasteiger partial charge in [-0.3, -0.25) is 14.4 Å². The average molecular weight is 315 g/mol. The molecule has 120 valence electrons. The Kier molecular flexibility index (Phi) is 4.36. The van der Waals surface area contributed by atoms with Crippen LogP contribution in [0.3, 0.4) is 0 Å². The number of benzene rings is 1. The van der Waals surface area contributed by atoms with Crippen molar-refractivity contribution in [3.63, 3.8) is 0 Å². The molecule has 2 aromatic rings. The van der Waals surface area contributed by atoms with Crippen molar-refractivity contribution in [1.82, 2.24) is 4.57 Å². The fourth-order valence-corrected chi connectivity index (χ4v) is 2.51. The SMILES string of the molecule is CC(C)(C(=O)C(C(=O)O)C(=O)O)n1cccc1-c1ccccc1. The van der Waals surface area contributed by atoms with Gasteiger partial charge in [-0.2, -0.15) is 0 Å². The van der Waals surface area contributed by atoms with Gasteiger partial charge in [0.1, 0.15) is 0 Å². The molecule has 0 aliphatic rings. The van der Waals surface area contributed by atoms with Gasteiger partial charge in [-0.25, -0.2) is 0 Å². The van der Waals surface area contributed by atoms with Gasteiger partial charge < -0.3 is 14.8 Å². The Morgan fingerprint density at radius 2 is 1.52 bits per heavy atom. The van der Waals surface area contributed by atoms with E-state index >= 15 is 0 Å². The van der Waals surface area contributed by atoms with Crippen LogP contribution in [-0.2, 0) is 19.9 Å². The Morgan fingerprint density at radius 1 is 0.957 bits per heavy atom. The predicted octanol–water partition coefficient (Wildman–Crippen LogP) is 2.24. The van der Waals surface area contributed by atoms with E-state index in [-0.39, 0.29) is 0 Å². The maximum absolute atomic E-state index is 12.5. The topological polar surface area (TPSA) is 96.6 Å². The minimum Gasteiger partial charge on any atom is -0.480 e. The van der Waals surface area contributed by atoms with Crippen LogP contribution in [0.4, 0.5) is 0 Å². The second-order valence-corrected chi connectivity index (χ2v) is 5.66. The zero-order valence-electron chi connectivity index (χ0n) is 12.8. The van der Waals surface area contributed by atoms with Crippen LogP contribution >= 0.6 is 0 Å². The molecule has 1 heterocycles. The van der Waals surface area contributed by atoms with Crippen LogP contribution in [0.25, 0.3) is 11.3 Å². The van der Waals surface area contributed by atoms with Gasteiger partial charge in [0, 0.05) is 11.9 Å². The van der Waals surface area contributed by atoms with Crippen molar-refractivity contribution in [2.24, 2.45) is 5.92 Å². The van der Waals surface area contributed by atoms with Crippen molar-refractivity contribution < 1.29 is 24.6 Å². The smallest absolute Gasteiger partial charge is 0.325 e. The number of hydrogen-bond acceptors (Lipinski definition) is 3. The maximum Gasteiger partial charge on any atom is 0.325 e. The van der Waals surface area contributed by atoms with Gasteiger partial charge in [-0.15, -0.1) is 0 Å². The molecule has 23 heavy (non-hydrogen) atoms. The molecule has 0 radical (unpaired) electrons. The third-order valence-electron chi connectivity index (χ3n) is 3.78. The molecule has 0 fully saturated rings. The van der Waals surface area contributed by atoms with Crippen molar-refractivity contribution in [2.75, 3.05) is 0 Å². The summed E-state index contributed by atoms with van der Waals surface area (Å²) in [6.45, 7) is 3.03. The van der Waals surface area contributed by atoms with Gasteiger partial charge in [0.2, 0.25) is 5.92 Å². The molecule has 1 aromatic heterocycles. The molecular formula is C17H17NO5. The summed E-state index contributed by atoms with van der Waals surface area (Å²) in [5.41, 5.74) is 0.231. The number of carbonyl (C=O) groups is 3. The number of Topliss-reactive ketones (excluding diaryl/α,β-unsaturated/α-hetero) is 1. The van der Waals surface area contributed by atoms with Gasteiger partial charge >= 0.3 is 11.9 Å². The van der Waals surface area contributed by atoms with Crippen LogP contribution in [0.15, 0.2) is 48.7 Å². The first kappa shape index (κ1) is 16.5. The first-order valence-corrected chi connectivity index (χ1v) is 7.00. The lowest BCUT2D eigenvalue weighted by molar-refractivity contribution is -0.159. The second-order valence-electron chi connectivity index (χ2n) is 5.66. The van der Waals surface area contributed by atoms with Crippen molar-refractivity contribution in [2.45, 2.75) is 19.4 Å². The van der Waals surface area contributed by atoms with E-state index in [4.69, 9.17) is 10.2 Å². The zero-order chi connectivity index (χ0) is 17.2. The lowest BCUT2D eigenvalue weighted by Crippen LogP contribution is -2.45. The highest BCUT2D eigenvalue weighted by molar-refractivity contribution is 6.16. The average Bonchev–Trinajstić information content (AvgIpc) is 2.97. The molecule has 6 heteroatoms. The van der Waals surface area contributed by atoms with Crippen LogP contribution in [-0.4, -0.2) is 32.5 Å². The third-order valence-corrected chi connectivity index (χ3v) is 3.78. The second kappa shape index (κ2) is 6.08. The van der Waals surface area contributed by atoms with E-state index in [0.717, 1.165) is 5.56 Å². The first-order chi connectivity index (χ1) is 10.8. The standard InChI is InChI=1S/C17H17NO5/c1-17(2,14(19)13(15(20)21)16(22)23)18-10-6-9-12(18)11-7-4-3-5-8-11/h3-10,13H,1-2H3,(H,20,21)(H,22,23). The molecule has 0 aliphatic carbocycles. The van der Waals surface area contributed by atoms with Crippen molar-refractivity contribution in [3.05, 3.63) is 48.7 Å². The lowest BCUT2D eigenvalue weighted by atomic mass is 9.88. The normalized spacial score (nSPS) is 11.4. The Labute approximate surface area is 133 Å². The predicted molar refractivity (Wildman–Crippen MR) is 83.0 cm³/mol. The number of hydrogen-bond donors (Lipinski definition) is 2. The summed E-state index contributed by atoms with van der Waals surface area (Å²) < 4.78 is 1.60. The largest absolute Gasteiger partial charge is 0.480 e. The van der Waals surface area contributed by atoms with Crippen LogP contribution < -0.4 is 0 Å². The molecule has 0 unspecified atom stereocenters. The molecule has 6 nitrogen and oxygen atoms in total. The van der Waals surface area contributed by atoms with Crippen LogP contribution in [0, 0.1) is 5.92 Å². The van der Waals surface area contributed by atoms with Crippen LogP contribution in [0.5, 0.6) is 0 Å². The number of aromatic nitrogens is 1. The molecule has 2 N–H and O–H groups in total. The number of carboxylic acids is 2. The van der Waals surface area contributed by atoms with E-state index in [2.05, 4.69) is 0 Å². The van der Waals surface area contributed by atoms with E-state index in [1.807, 2.05) is 30.3 Å². The summed E-state index contributed by atoms with van der Waals surface area (Å²) in [7, 11) is 0. The molecular weight excluding hydrogens is 298 g/mol. The summed E-state index contributed by atoms with van der Waals surface area (Å²) in [6.07, 6.45) is 1.64. The molecule has 0 saturated carbocycles. The molecule has 0 bridgehead atoms.